The van der Waals surface area contributed by atoms with E-state index < -0.39 is 0 Å². The lowest BCUT2D eigenvalue weighted by Gasteiger charge is -2.08. The predicted molar refractivity (Wildman–Crippen MR) is 121 cm³/mol. The van der Waals surface area contributed by atoms with Crippen LogP contribution in [0.2, 0.25) is 0 Å². The van der Waals surface area contributed by atoms with E-state index in [-0.39, 0.29) is 12.3 Å². The third kappa shape index (κ3) is 5.01. The monoisotopic (exact) mass is 416 g/mol. The molecular formula is C23H20N4O2S. The van der Waals surface area contributed by atoms with Crippen molar-refractivity contribution >= 4 is 38.8 Å². The van der Waals surface area contributed by atoms with E-state index in [0.717, 1.165) is 32.7 Å². The molecule has 150 valence electrons. The van der Waals surface area contributed by atoms with Crippen LogP contribution in [0.5, 0.6) is 5.75 Å². The third-order valence-corrected chi connectivity index (χ3v) is 5.27. The van der Waals surface area contributed by atoms with Gasteiger partial charge in [0.1, 0.15) is 12.4 Å². The Morgan fingerprint density at radius 2 is 1.90 bits per heavy atom. The molecule has 0 aliphatic rings. The minimum atomic E-state index is -0.193. The first kappa shape index (κ1) is 19.6. The molecule has 6 nitrogen and oxygen atoms in total. The van der Waals surface area contributed by atoms with Crippen molar-refractivity contribution in [1.29, 1.82) is 0 Å². The number of para-hydroxylation sites is 1. The zero-order valence-corrected chi connectivity index (χ0v) is 16.9. The number of carbonyl (C=O) groups is 1. The SMILES string of the molecule is Nc1nc2ccc(CC(=O)N/N=C\c3ccccc3COc3ccccc3)cc2s1. The summed E-state index contributed by atoms with van der Waals surface area (Å²) in [6, 6.07) is 23.1. The van der Waals surface area contributed by atoms with Crippen molar-refractivity contribution in [3.05, 3.63) is 89.5 Å². The van der Waals surface area contributed by atoms with Crippen molar-refractivity contribution in [2.75, 3.05) is 5.73 Å². The number of benzene rings is 3. The van der Waals surface area contributed by atoms with E-state index in [9.17, 15) is 4.79 Å². The number of hydrazone groups is 1. The number of hydrogen-bond acceptors (Lipinski definition) is 6. The number of aromatic nitrogens is 1. The maximum Gasteiger partial charge on any atom is 0.244 e. The fourth-order valence-corrected chi connectivity index (χ4v) is 3.76. The minimum absolute atomic E-state index is 0.193. The van der Waals surface area contributed by atoms with Gasteiger partial charge in [-0.25, -0.2) is 10.4 Å². The zero-order valence-electron chi connectivity index (χ0n) is 16.1. The van der Waals surface area contributed by atoms with Gasteiger partial charge in [0.15, 0.2) is 5.13 Å². The van der Waals surface area contributed by atoms with Crippen molar-refractivity contribution in [1.82, 2.24) is 10.4 Å². The van der Waals surface area contributed by atoms with Gasteiger partial charge in [-0.3, -0.25) is 4.79 Å². The van der Waals surface area contributed by atoms with Gasteiger partial charge >= 0.3 is 0 Å². The summed E-state index contributed by atoms with van der Waals surface area (Å²) >= 11 is 1.41. The molecule has 0 spiro atoms. The molecule has 7 heteroatoms. The third-order valence-electron chi connectivity index (χ3n) is 4.42. The quantitative estimate of drug-likeness (QED) is 0.350. The van der Waals surface area contributed by atoms with Gasteiger partial charge in [-0.2, -0.15) is 5.10 Å². The molecule has 0 fully saturated rings. The van der Waals surface area contributed by atoms with Crippen LogP contribution in [0.3, 0.4) is 0 Å². The van der Waals surface area contributed by atoms with Crippen LogP contribution < -0.4 is 15.9 Å². The Kier molecular flexibility index (Phi) is 6.01. The highest BCUT2D eigenvalue weighted by molar-refractivity contribution is 7.22. The molecule has 30 heavy (non-hydrogen) atoms. The average molecular weight is 417 g/mol. The Morgan fingerprint density at radius 3 is 2.77 bits per heavy atom. The van der Waals surface area contributed by atoms with Crippen molar-refractivity contribution in [3.63, 3.8) is 0 Å². The molecule has 0 aliphatic heterocycles. The van der Waals surface area contributed by atoms with Gasteiger partial charge in [-0.05, 0) is 35.4 Å². The summed E-state index contributed by atoms with van der Waals surface area (Å²) in [4.78, 5) is 16.5. The second kappa shape index (κ2) is 9.19. The maximum absolute atomic E-state index is 12.3. The van der Waals surface area contributed by atoms with E-state index in [2.05, 4.69) is 15.5 Å². The molecule has 0 aliphatic carbocycles. The van der Waals surface area contributed by atoms with Crippen LogP contribution in [0, 0.1) is 0 Å². The van der Waals surface area contributed by atoms with Crippen LogP contribution in [0.25, 0.3) is 10.2 Å². The summed E-state index contributed by atoms with van der Waals surface area (Å²) < 4.78 is 6.78. The van der Waals surface area contributed by atoms with Crippen molar-refractivity contribution < 1.29 is 9.53 Å². The second-order valence-electron chi connectivity index (χ2n) is 6.62. The number of nitrogen functional groups attached to an aromatic ring is 1. The van der Waals surface area contributed by atoms with E-state index >= 15 is 0 Å². The number of anilines is 1. The molecule has 0 radical (unpaired) electrons. The van der Waals surface area contributed by atoms with Gasteiger partial charge in [-0.1, -0.05) is 59.9 Å². The fourth-order valence-electron chi connectivity index (χ4n) is 2.96. The lowest BCUT2D eigenvalue weighted by molar-refractivity contribution is -0.120. The number of nitrogens with one attached hydrogen (secondary N) is 1. The number of hydrogen-bond donors (Lipinski definition) is 2. The van der Waals surface area contributed by atoms with Crippen molar-refractivity contribution in [3.8, 4) is 5.75 Å². The number of nitrogens with two attached hydrogens (primary N) is 1. The lowest BCUT2D eigenvalue weighted by atomic mass is 10.1. The first-order valence-corrected chi connectivity index (χ1v) is 10.2. The topological polar surface area (TPSA) is 89.6 Å². The Morgan fingerprint density at radius 1 is 1.10 bits per heavy atom. The summed E-state index contributed by atoms with van der Waals surface area (Å²) in [5.41, 5.74) is 11.9. The van der Waals surface area contributed by atoms with Crippen LogP contribution in [-0.2, 0) is 17.8 Å². The van der Waals surface area contributed by atoms with Crippen LogP contribution in [0.15, 0.2) is 77.9 Å². The Hall–Kier alpha value is -3.71. The maximum atomic E-state index is 12.3. The number of nitrogens with zero attached hydrogens (tertiary/aromatic N) is 2. The van der Waals surface area contributed by atoms with E-state index in [4.69, 9.17) is 10.5 Å². The smallest absolute Gasteiger partial charge is 0.244 e. The standard InChI is InChI=1S/C23H20N4O2S/c24-23-26-20-11-10-16(12-21(20)30-23)13-22(28)27-25-14-17-6-4-5-7-18(17)15-29-19-8-2-1-3-9-19/h1-12,14H,13,15H2,(H2,24,26)(H,27,28)/b25-14-. The molecule has 0 saturated carbocycles. The molecular weight excluding hydrogens is 396 g/mol. The lowest BCUT2D eigenvalue weighted by Crippen LogP contribution is -2.19. The number of ether oxygens (including phenoxy) is 1. The van der Waals surface area contributed by atoms with Gasteiger partial charge in [0.25, 0.3) is 0 Å². The number of rotatable bonds is 7. The zero-order chi connectivity index (χ0) is 20.8. The van der Waals surface area contributed by atoms with E-state index in [1.54, 1.807) is 6.21 Å². The van der Waals surface area contributed by atoms with Gasteiger partial charge in [0, 0.05) is 5.56 Å². The van der Waals surface area contributed by atoms with Gasteiger partial charge < -0.3 is 10.5 Å². The van der Waals surface area contributed by atoms with Crippen molar-refractivity contribution in [2.24, 2.45) is 5.10 Å². The molecule has 1 amide bonds. The Labute approximate surface area is 178 Å². The number of fused-ring (bicyclic) bond motifs is 1. The summed E-state index contributed by atoms with van der Waals surface area (Å²) in [5, 5.41) is 4.63. The van der Waals surface area contributed by atoms with Crippen LogP contribution in [-0.4, -0.2) is 17.1 Å². The summed E-state index contributed by atoms with van der Waals surface area (Å²) in [6.07, 6.45) is 1.86. The fraction of sp³-hybridized carbons (Fsp3) is 0.0870. The average Bonchev–Trinajstić information content (AvgIpc) is 3.13. The van der Waals surface area contributed by atoms with E-state index in [1.807, 2.05) is 72.8 Å². The Balaban J connectivity index is 1.35. The summed E-state index contributed by atoms with van der Waals surface area (Å²) in [7, 11) is 0. The minimum Gasteiger partial charge on any atom is -0.489 e. The molecule has 1 aromatic heterocycles. The normalized spacial score (nSPS) is 11.1. The first-order valence-electron chi connectivity index (χ1n) is 9.40. The first-order chi connectivity index (χ1) is 14.7. The number of carbonyl (C=O) groups excluding carboxylic acids is 1. The second-order valence-corrected chi connectivity index (χ2v) is 7.69. The van der Waals surface area contributed by atoms with Crippen LogP contribution in [0.1, 0.15) is 16.7 Å². The number of thiazole rings is 1. The summed E-state index contributed by atoms with van der Waals surface area (Å²) in [6.45, 7) is 0.415. The highest BCUT2D eigenvalue weighted by Gasteiger charge is 2.06. The predicted octanol–water partition coefficient (Wildman–Crippen LogP) is 4.15. The van der Waals surface area contributed by atoms with Gasteiger partial charge in [0.05, 0.1) is 22.9 Å². The van der Waals surface area contributed by atoms with Gasteiger partial charge in [-0.15, -0.1) is 0 Å². The molecule has 4 rings (SSSR count). The highest BCUT2D eigenvalue weighted by atomic mass is 32.1. The molecule has 1 heterocycles. The Bertz CT molecular complexity index is 1190. The van der Waals surface area contributed by atoms with Crippen LogP contribution >= 0.6 is 11.3 Å². The molecule has 0 unspecified atom stereocenters. The highest BCUT2D eigenvalue weighted by Crippen LogP contribution is 2.24. The molecule has 0 saturated heterocycles. The molecule has 3 aromatic carbocycles. The summed E-state index contributed by atoms with van der Waals surface area (Å²) in [5.74, 6) is 0.610. The molecule has 3 N–H and O–H groups in total. The molecule has 0 atom stereocenters. The molecule has 0 bridgehead atoms. The number of amides is 1. The van der Waals surface area contributed by atoms with E-state index in [0.29, 0.717) is 11.7 Å². The van der Waals surface area contributed by atoms with Crippen LogP contribution in [0.4, 0.5) is 5.13 Å². The van der Waals surface area contributed by atoms with Crippen molar-refractivity contribution in [2.45, 2.75) is 13.0 Å². The van der Waals surface area contributed by atoms with Gasteiger partial charge in [0.2, 0.25) is 5.91 Å². The molecule has 4 aromatic rings. The largest absolute Gasteiger partial charge is 0.489 e. The van der Waals surface area contributed by atoms with E-state index in [1.165, 1.54) is 11.3 Å².